The molecule has 5 nitrogen and oxygen atoms in total. The molecule has 0 aliphatic rings. The standard InChI is InChI=1S/C18H18O5/c1-20-14-6-4-5-7-16(14)23-18(19)11-9-13-8-10-15(21-2)17(12-13)22-3/h4-12H,1-3H3/b11-9+. The van der Waals surface area contributed by atoms with Gasteiger partial charge in [0, 0.05) is 6.08 Å². The smallest absolute Gasteiger partial charge is 0.336 e. The van der Waals surface area contributed by atoms with E-state index in [1.54, 1.807) is 56.7 Å². The molecule has 120 valence electrons. The van der Waals surface area contributed by atoms with Crippen molar-refractivity contribution in [3.63, 3.8) is 0 Å². The molecule has 2 aromatic rings. The molecule has 0 aliphatic carbocycles. The van der Waals surface area contributed by atoms with Gasteiger partial charge in [0.15, 0.2) is 23.0 Å². The number of ether oxygens (including phenoxy) is 4. The maximum absolute atomic E-state index is 11.9. The maximum Gasteiger partial charge on any atom is 0.336 e. The lowest BCUT2D eigenvalue weighted by atomic mass is 10.2. The Balaban J connectivity index is 2.09. The minimum absolute atomic E-state index is 0.372. The average Bonchev–Trinajstić information content (AvgIpc) is 2.60. The van der Waals surface area contributed by atoms with Crippen molar-refractivity contribution in [3.05, 3.63) is 54.1 Å². The Morgan fingerprint density at radius 2 is 1.43 bits per heavy atom. The summed E-state index contributed by atoms with van der Waals surface area (Å²) in [6.45, 7) is 0. The summed E-state index contributed by atoms with van der Waals surface area (Å²) in [5.41, 5.74) is 0.791. The van der Waals surface area contributed by atoms with E-state index in [0.717, 1.165) is 5.56 Å². The van der Waals surface area contributed by atoms with Gasteiger partial charge in [0.05, 0.1) is 21.3 Å². The zero-order valence-corrected chi connectivity index (χ0v) is 13.2. The summed E-state index contributed by atoms with van der Waals surface area (Å²) < 4.78 is 20.8. The second kappa shape index (κ2) is 7.89. The van der Waals surface area contributed by atoms with Crippen molar-refractivity contribution in [3.8, 4) is 23.0 Å². The van der Waals surface area contributed by atoms with E-state index in [9.17, 15) is 4.79 Å². The summed E-state index contributed by atoms with van der Waals surface area (Å²) in [5.74, 6) is 1.59. The highest BCUT2D eigenvalue weighted by Gasteiger charge is 2.07. The molecule has 2 aromatic carbocycles. The summed E-state index contributed by atoms with van der Waals surface area (Å²) in [6.07, 6.45) is 2.98. The minimum atomic E-state index is -0.496. The molecule has 0 fully saturated rings. The van der Waals surface area contributed by atoms with Crippen LogP contribution in [0.15, 0.2) is 48.5 Å². The Hall–Kier alpha value is -2.95. The molecule has 0 spiro atoms. The van der Waals surface area contributed by atoms with Crippen LogP contribution in [-0.4, -0.2) is 27.3 Å². The number of hydrogen-bond donors (Lipinski definition) is 0. The Labute approximate surface area is 135 Å². The van der Waals surface area contributed by atoms with Crippen molar-refractivity contribution in [1.29, 1.82) is 0 Å². The predicted molar refractivity (Wildman–Crippen MR) is 87.2 cm³/mol. The number of rotatable bonds is 6. The molecule has 0 saturated carbocycles. The van der Waals surface area contributed by atoms with Crippen LogP contribution in [0.4, 0.5) is 0 Å². The zero-order chi connectivity index (χ0) is 16.7. The topological polar surface area (TPSA) is 54.0 Å². The minimum Gasteiger partial charge on any atom is -0.493 e. The molecule has 5 heteroatoms. The fraction of sp³-hybridized carbons (Fsp3) is 0.167. The average molecular weight is 314 g/mol. The first-order chi connectivity index (χ1) is 11.2. The van der Waals surface area contributed by atoms with Crippen LogP contribution in [0.25, 0.3) is 6.08 Å². The molecule has 0 atom stereocenters. The van der Waals surface area contributed by atoms with Crippen LogP contribution in [0.3, 0.4) is 0 Å². The second-order valence-corrected chi connectivity index (χ2v) is 4.52. The van der Waals surface area contributed by atoms with Gasteiger partial charge in [0.1, 0.15) is 0 Å². The Morgan fingerprint density at radius 3 is 2.09 bits per heavy atom. The molecular weight excluding hydrogens is 296 g/mol. The number of carbonyl (C=O) groups is 1. The van der Waals surface area contributed by atoms with Gasteiger partial charge in [-0.2, -0.15) is 0 Å². The lowest BCUT2D eigenvalue weighted by molar-refractivity contribution is -0.129. The number of carbonyl (C=O) groups excluding carboxylic acids is 1. The zero-order valence-electron chi connectivity index (χ0n) is 13.2. The maximum atomic E-state index is 11.9. The first-order valence-corrected chi connectivity index (χ1v) is 6.93. The molecule has 23 heavy (non-hydrogen) atoms. The van der Waals surface area contributed by atoms with E-state index >= 15 is 0 Å². The second-order valence-electron chi connectivity index (χ2n) is 4.52. The first kappa shape index (κ1) is 16.4. The lowest BCUT2D eigenvalue weighted by Crippen LogP contribution is -2.04. The SMILES string of the molecule is COc1ccc(/C=C/C(=O)Oc2ccccc2OC)cc1OC. The fourth-order valence-electron chi connectivity index (χ4n) is 1.97. The molecule has 0 aliphatic heterocycles. The molecule has 0 N–H and O–H groups in total. The third kappa shape index (κ3) is 4.26. The highest BCUT2D eigenvalue weighted by atomic mass is 16.6. The Morgan fingerprint density at radius 1 is 0.826 bits per heavy atom. The van der Waals surface area contributed by atoms with E-state index in [2.05, 4.69) is 0 Å². The Bertz CT molecular complexity index is 706. The number of esters is 1. The summed E-state index contributed by atoms with van der Waals surface area (Å²) >= 11 is 0. The normalized spacial score (nSPS) is 10.4. The van der Waals surface area contributed by atoms with Gasteiger partial charge in [-0.1, -0.05) is 18.2 Å². The predicted octanol–water partition coefficient (Wildman–Crippen LogP) is 3.33. The molecule has 0 amide bonds. The molecule has 0 aromatic heterocycles. The van der Waals surface area contributed by atoms with Gasteiger partial charge in [-0.05, 0) is 35.9 Å². The van der Waals surface area contributed by atoms with Gasteiger partial charge in [0.2, 0.25) is 0 Å². The summed E-state index contributed by atoms with van der Waals surface area (Å²) in [7, 11) is 4.64. The molecular formula is C18H18O5. The van der Waals surface area contributed by atoms with Gasteiger partial charge < -0.3 is 18.9 Å². The Kier molecular flexibility index (Phi) is 5.63. The van der Waals surface area contributed by atoms with Crippen molar-refractivity contribution in [2.75, 3.05) is 21.3 Å². The highest BCUT2D eigenvalue weighted by Crippen LogP contribution is 2.28. The molecule has 0 bridgehead atoms. The van der Waals surface area contributed by atoms with Gasteiger partial charge >= 0.3 is 5.97 Å². The van der Waals surface area contributed by atoms with E-state index in [0.29, 0.717) is 23.0 Å². The molecule has 0 radical (unpaired) electrons. The molecule has 0 heterocycles. The number of methoxy groups -OCH3 is 3. The van der Waals surface area contributed by atoms with Crippen LogP contribution < -0.4 is 18.9 Å². The first-order valence-electron chi connectivity index (χ1n) is 6.93. The van der Waals surface area contributed by atoms with Crippen molar-refractivity contribution >= 4 is 12.0 Å². The molecule has 0 unspecified atom stereocenters. The van der Waals surface area contributed by atoms with Crippen molar-refractivity contribution in [2.24, 2.45) is 0 Å². The van der Waals surface area contributed by atoms with E-state index in [-0.39, 0.29) is 0 Å². The largest absolute Gasteiger partial charge is 0.493 e. The van der Waals surface area contributed by atoms with Gasteiger partial charge in [0.25, 0.3) is 0 Å². The van der Waals surface area contributed by atoms with E-state index in [1.165, 1.54) is 13.2 Å². The quantitative estimate of drug-likeness (QED) is 0.465. The van der Waals surface area contributed by atoms with Crippen LogP contribution in [0.1, 0.15) is 5.56 Å². The van der Waals surface area contributed by atoms with Crippen molar-refractivity contribution < 1.29 is 23.7 Å². The summed E-state index contributed by atoms with van der Waals surface area (Å²) in [6, 6.07) is 12.3. The van der Waals surface area contributed by atoms with Gasteiger partial charge in [-0.15, -0.1) is 0 Å². The van der Waals surface area contributed by atoms with E-state index in [4.69, 9.17) is 18.9 Å². The molecule has 0 saturated heterocycles. The highest BCUT2D eigenvalue weighted by molar-refractivity contribution is 5.89. The number of hydrogen-bond acceptors (Lipinski definition) is 5. The van der Waals surface area contributed by atoms with E-state index in [1.807, 2.05) is 6.07 Å². The molecule has 2 rings (SSSR count). The number of benzene rings is 2. The van der Waals surface area contributed by atoms with Crippen LogP contribution in [0.2, 0.25) is 0 Å². The van der Waals surface area contributed by atoms with E-state index < -0.39 is 5.97 Å². The summed E-state index contributed by atoms with van der Waals surface area (Å²) in [4.78, 5) is 11.9. The van der Waals surface area contributed by atoms with Gasteiger partial charge in [-0.25, -0.2) is 4.79 Å². The van der Waals surface area contributed by atoms with Gasteiger partial charge in [-0.3, -0.25) is 0 Å². The van der Waals surface area contributed by atoms with Crippen molar-refractivity contribution in [2.45, 2.75) is 0 Å². The van der Waals surface area contributed by atoms with Crippen LogP contribution in [-0.2, 0) is 4.79 Å². The van der Waals surface area contributed by atoms with Crippen LogP contribution >= 0.6 is 0 Å². The van der Waals surface area contributed by atoms with Crippen molar-refractivity contribution in [1.82, 2.24) is 0 Å². The monoisotopic (exact) mass is 314 g/mol. The third-order valence-electron chi connectivity index (χ3n) is 3.10. The number of para-hydroxylation sites is 2. The summed E-state index contributed by atoms with van der Waals surface area (Å²) in [5, 5.41) is 0. The fourth-order valence-corrected chi connectivity index (χ4v) is 1.97. The van der Waals surface area contributed by atoms with Crippen LogP contribution in [0.5, 0.6) is 23.0 Å². The van der Waals surface area contributed by atoms with Crippen LogP contribution in [0, 0.1) is 0 Å². The third-order valence-corrected chi connectivity index (χ3v) is 3.10. The lowest BCUT2D eigenvalue weighted by Gasteiger charge is -2.08.